The van der Waals surface area contributed by atoms with Gasteiger partial charge in [0.15, 0.2) is 5.52 Å². The van der Waals surface area contributed by atoms with Gasteiger partial charge in [0, 0.05) is 22.8 Å². The number of nitro benzene ring substituents is 1. The second-order valence-corrected chi connectivity index (χ2v) is 10.1. The van der Waals surface area contributed by atoms with Gasteiger partial charge in [0.2, 0.25) is 0 Å². The van der Waals surface area contributed by atoms with Gasteiger partial charge in [-0.15, -0.1) is 0 Å². The van der Waals surface area contributed by atoms with Crippen LogP contribution in [0.2, 0.25) is 0 Å². The number of thiazole rings is 1. The Balaban J connectivity index is 1.80. The van der Waals surface area contributed by atoms with E-state index >= 15 is 0 Å². The van der Waals surface area contributed by atoms with Crippen molar-refractivity contribution in [2.75, 3.05) is 0 Å². The minimum Gasteiger partial charge on any atom is -0.744 e. The number of hydrogen-bond acceptors (Lipinski definition) is 10. The summed E-state index contributed by atoms with van der Waals surface area (Å²) in [5, 5.41) is 30.4. The summed E-state index contributed by atoms with van der Waals surface area (Å²) in [6.45, 7) is 1.10. The predicted molar refractivity (Wildman–Crippen MR) is 127 cm³/mol. The first-order valence-corrected chi connectivity index (χ1v) is 12.6. The third-order valence-electron chi connectivity index (χ3n) is 5.32. The molecule has 14 heteroatoms. The number of nitro groups is 1. The van der Waals surface area contributed by atoms with E-state index in [1.807, 2.05) is 24.3 Å². The Kier molecular flexibility index (Phi) is 5.80. The minimum atomic E-state index is -4.86. The van der Waals surface area contributed by atoms with Crippen LogP contribution in [0.1, 0.15) is 11.1 Å². The van der Waals surface area contributed by atoms with Crippen molar-refractivity contribution in [1.82, 2.24) is 20.0 Å². The summed E-state index contributed by atoms with van der Waals surface area (Å²) >= 11 is 1.28. The van der Waals surface area contributed by atoms with Crippen LogP contribution in [-0.2, 0) is 16.7 Å². The first kappa shape index (κ1) is 23.6. The van der Waals surface area contributed by atoms with E-state index in [9.17, 15) is 28.2 Å². The average Bonchev–Trinajstić information content (AvgIpc) is 3.47. The maximum absolute atomic E-state index is 12.0. The molecule has 0 saturated heterocycles. The molecule has 0 aliphatic rings. The van der Waals surface area contributed by atoms with Gasteiger partial charge in [-0.05, 0) is 57.5 Å². The first-order chi connectivity index (χ1) is 17.2. The molecule has 0 atom stereocenters. The standard InChI is InChI=1S/C22H16N6O6S2/c1-13-6-8-16(20(10-13)36(32,33)34)21-24-26(18-9-7-15(28(30)31)11-14(18)12-29)27(25-21)22-23-17-4-2-3-5-19(17)35-22/h2-11,29H,12H2,1H3. The number of para-hydroxylation sites is 1. The van der Waals surface area contributed by atoms with Gasteiger partial charge >= 0.3 is 5.13 Å². The van der Waals surface area contributed by atoms with Gasteiger partial charge in [0.25, 0.3) is 11.5 Å². The van der Waals surface area contributed by atoms with Crippen LogP contribution in [0.15, 0.2) is 65.6 Å². The molecule has 0 spiro atoms. The fourth-order valence-electron chi connectivity index (χ4n) is 3.65. The Labute approximate surface area is 207 Å². The lowest BCUT2D eigenvalue weighted by molar-refractivity contribution is -0.734. The zero-order chi connectivity index (χ0) is 25.6. The Morgan fingerprint density at radius 2 is 1.92 bits per heavy atom. The molecule has 0 fully saturated rings. The van der Waals surface area contributed by atoms with Gasteiger partial charge in [-0.3, -0.25) is 10.1 Å². The predicted octanol–water partition coefficient (Wildman–Crippen LogP) is 2.43. The van der Waals surface area contributed by atoms with Crippen LogP contribution in [0.25, 0.3) is 32.4 Å². The van der Waals surface area contributed by atoms with Crippen molar-refractivity contribution < 1.29 is 27.8 Å². The number of hydrogen-bond donors (Lipinski definition) is 1. The summed E-state index contributed by atoms with van der Waals surface area (Å²) in [6, 6.07) is 15.5. The number of nitrogens with zero attached hydrogens (tertiary/aromatic N) is 6. The fourth-order valence-corrected chi connectivity index (χ4v) is 5.31. The third kappa shape index (κ3) is 4.22. The van der Waals surface area contributed by atoms with Crippen LogP contribution >= 0.6 is 11.3 Å². The molecule has 0 unspecified atom stereocenters. The highest BCUT2D eigenvalue weighted by atomic mass is 32.2. The summed E-state index contributed by atoms with van der Waals surface area (Å²) in [6.07, 6.45) is 0. The fraction of sp³-hybridized carbons (Fsp3) is 0.0909. The number of benzene rings is 3. The molecule has 0 radical (unpaired) electrons. The van der Waals surface area contributed by atoms with E-state index in [-0.39, 0.29) is 28.3 Å². The zero-order valence-electron chi connectivity index (χ0n) is 18.5. The van der Waals surface area contributed by atoms with E-state index in [1.54, 1.807) is 13.0 Å². The molecule has 0 aliphatic heterocycles. The molecule has 5 aromatic rings. The van der Waals surface area contributed by atoms with Crippen molar-refractivity contribution in [3.05, 3.63) is 81.9 Å². The molecule has 0 amide bonds. The largest absolute Gasteiger partial charge is 0.744 e. The minimum absolute atomic E-state index is 0.0170. The number of aryl methyl sites for hydroxylation is 1. The van der Waals surface area contributed by atoms with Crippen LogP contribution in [0.5, 0.6) is 0 Å². The Morgan fingerprint density at radius 3 is 2.61 bits per heavy atom. The molecule has 0 aliphatic carbocycles. The first-order valence-electron chi connectivity index (χ1n) is 10.4. The molecule has 3 aromatic carbocycles. The van der Waals surface area contributed by atoms with Crippen molar-refractivity contribution >= 4 is 37.4 Å². The van der Waals surface area contributed by atoms with Crippen molar-refractivity contribution in [3.63, 3.8) is 0 Å². The maximum atomic E-state index is 12.0. The Hall–Kier alpha value is -4.11. The number of non-ortho nitro benzene ring substituents is 1. The Morgan fingerprint density at radius 1 is 1.14 bits per heavy atom. The number of rotatable bonds is 6. The van der Waals surface area contributed by atoms with Crippen molar-refractivity contribution in [1.29, 1.82) is 0 Å². The summed E-state index contributed by atoms with van der Waals surface area (Å²) in [7, 11) is -4.86. The molecular weight excluding hydrogens is 508 g/mol. The molecule has 0 saturated carbocycles. The number of aliphatic hydroxyl groups excluding tert-OH is 1. The lowest BCUT2D eigenvalue weighted by Gasteiger charge is -2.10. The molecule has 2 heterocycles. The normalized spacial score (nSPS) is 11.8. The number of fused-ring (bicyclic) bond motifs is 1. The molecule has 5 rings (SSSR count). The van der Waals surface area contributed by atoms with Crippen molar-refractivity contribution in [2.45, 2.75) is 18.4 Å². The molecule has 0 bridgehead atoms. The van der Waals surface area contributed by atoms with Crippen molar-refractivity contribution in [3.8, 4) is 22.2 Å². The van der Waals surface area contributed by atoms with E-state index in [0.29, 0.717) is 16.2 Å². The van der Waals surface area contributed by atoms with E-state index in [1.165, 1.54) is 51.3 Å². The quantitative estimate of drug-likeness (QED) is 0.152. The summed E-state index contributed by atoms with van der Waals surface area (Å²) in [4.78, 5) is 17.3. The van der Waals surface area contributed by atoms with Crippen LogP contribution in [-0.4, -0.2) is 43.0 Å². The Bertz CT molecular complexity index is 1730. The monoisotopic (exact) mass is 524 g/mol. The second kappa shape index (κ2) is 8.83. The zero-order valence-corrected chi connectivity index (χ0v) is 20.1. The molecule has 182 valence electrons. The summed E-state index contributed by atoms with van der Waals surface area (Å²) < 4.78 is 36.8. The molecular formula is C22H16N6O6S2. The van der Waals surface area contributed by atoms with Gasteiger partial charge in [-0.25, -0.2) is 8.42 Å². The SMILES string of the molecule is Cc1ccc(-c2nn(-c3ccc([N+](=O)[O-])cc3CO)[n+](-c3nc4ccccc4s3)n2)c(S(=O)(=O)[O-])c1. The average molecular weight is 525 g/mol. The van der Waals surface area contributed by atoms with Crippen LogP contribution in [0.4, 0.5) is 5.69 Å². The van der Waals surface area contributed by atoms with Gasteiger partial charge in [0.1, 0.15) is 15.8 Å². The highest BCUT2D eigenvalue weighted by Gasteiger charge is 2.28. The van der Waals surface area contributed by atoms with Gasteiger partial charge < -0.3 is 9.66 Å². The molecule has 2 aromatic heterocycles. The second-order valence-electron chi connectivity index (χ2n) is 7.75. The van der Waals surface area contributed by atoms with E-state index < -0.39 is 26.5 Å². The van der Waals surface area contributed by atoms with Crippen molar-refractivity contribution in [2.24, 2.45) is 0 Å². The highest BCUT2D eigenvalue weighted by molar-refractivity contribution is 7.85. The van der Waals surface area contributed by atoms with E-state index in [4.69, 9.17) is 0 Å². The maximum Gasteiger partial charge on any atom is 0.365 e. The van der Waals surface area contributed by atoms with Crippen LogP contribution in [0.3, 0.4) is 0 Å². The smallest absolute Gasteiger partial charge is 0.365 e. The number of aromatic nitrogens is 5. The summed E-state index contributed by atoms with van der Waals surface area (Å²) in [5.74, 6) is -0.0917. The third-order valence-corrected chi connectivity index (χ3v) is 7.20. The highest BCUT2D eigenvalue weighted by Crippen LogP contribution is 2.28. The molecule has 36 heavy (non-hydrogen) atoms. The van der Waals surface area contributed by atoms with E-state index in [0.717, 1.165) is 4.70 Å². The van der Waals surface area contributed by atoms with Gasteiger partial charge in [0.05, 0.1) is 26.7 Å². The summed E-state index contributed by atoms with van der Waals surface area (Å²) in [5.41, 5.74) is 1.43. The lowest BCUT2D eigenvalue weighted by Crippen LogP contribution is -2.43. The van der Waals surface area contributed by atoms with Gasteiger partial charge in [-0.1, -0.05) is 34.5 Å². The number of aliphatic hydroxyl groups is 1. The number of tetrazole rings is 1. The van der Waals surface area contributed by atoms with Crippen LogP contribution in [0, 0.1) is 17.0 Å². The van der Waals surface area contributed by atoms with Crippen LogP contribution < -0.4 is 4.80 Å². The topological polar surface area (TPSA) is 168 Å². The molecule has 1 N–H and O–H groups in total. The van der Waals surface area contributed by atoms with E-state index in [2.05, 4.69) is 15.2 Å². The lowest BCUT2D eigenvalue weighted by atomic mass is 10.1. The van der Waals surface area contributed by atoms with Gasteiger partial charge in [-0.2, -0.15) is 0 Å². The molecule has 12 nitrogen and oxygen atoms in total.